The number of hydrogen-bond donors (Lipinski definition) is 3. The highest BCUT2D eigenvalue weighted by atomic mass is 32.2. The minimum Gasteiger partial charge on any atom is -0.508 e. The highest BCUT2D eigenvalue weighted by Gasteiger charge is 2.24. The molecule has 5 nitrogen and oxygen atoms in total. The number of rotatable bonds is 3. The van der Waals surface area contributed by atoms with E-state index in [1.54, 1.807) is 4.72 Å². The number of nitrogens with one attached hydrogen (secondary N) is 1. The quantitative estimate of drug-likeness (QED) is 0.539. The second kappa shape index (κ2) is 3.89. The van der Waals surface area contributed by atoms with Crippen LogP contribution in [0.3, 0.4) is 0 Å². The van der Waals surface area contributed by atoms with Crippen LogP contribution >= 0.6 is 0 Å². The molecule has 15 heavy (non-hydrogen) atoms. The molecule has 4 N–H and O–H groups in total. The molecule has 0 bridgehead atoms. The van der Waals surface area contributed by atoms with E-state index in [4.69, 9.17) is 10.8 Å². The van der Waals surface area contributed by atoms with Gasteiger partial charge >= 0.3 is 5.76 Å². The molecule has 0 aliphatic carbocycles. The molecule has 0 aliphatic rings. The normalized spacial score (nSPS) is 11.7. The summed E-state index contributed by atoms with van der Waals surface area (Å²) in [6.07, 6.45) is 0. The number of benzene rings is 1. The van der Waals surface area contributed by atoms with Crippen LogP contribution in [0, 0.1) is 0 Å². The predicted octanol–water partition coefficient (Wildman–Crippen LogP) is 0.939. The lowest BCUT2D eigenvalue weighted by Gasteiger charge is -2.09. The Balaban J connectivity index is 3.01. The Morgan fingerprint density at radius 2 is 2.00 bits per heavy atom. The minimum atomic E-state index is -4.73. The molecule has 0 atom stereocenters. The van der Waals surface area contributed by atoms with Crippen LogP contribution in [-0.2, 0) is 10.0 Å². The first-order chi connectivity index (χ1) is 6.83. The molecule has 0 radical (unpaired) electrons. The standard InChI is InChI=1S/C7H8F2N2O3S/c8-7(9)15(13,14)11-6-2-1-4(12)3-5(6)10/h1-3,7,11-12H,10H2. The van der Waals surface area contributed by atoms with Crippen molar-refractivity contribution in [2.75, 3.05) is 10.5 Å². The van der Waals surface area contributed by atoms with E-state index in [-0.39, 0.29) is 17.1 Å². The molecule has 0 spiro atoms. The first kappa shape index (κ1) is 11.5. The van der Waals surface area contributed by atoms with Crippen LogP contribution in [0.1, 0.15) is 0 Å². The Hall–Kier alpha value is -1.57. The Morgan fingerprint density at radius 3 is 2.47 bits per heavy atom. The van der Waals surface area contributed by atoms with E-state index in [2.05, 4.69) is 0 Å². The van der Waals surface area contributed by atoms with Gasteiger partial charge in [-0.2, -0.15) is 8.78 Å². The highest BCUT2D eigenvalue weighted by molar-refractivity contribution is 7.93. The lowest BCUT2D eigenvalue weighted by Crippen LogP contribution is -2.21. The lowest BCUT2D eigenvalue weighted by molar-refractivity contribution is 0.236. The average Bonchev–Trinajstić information content (AvgIpc) is 2.09. The second-order valence-electron chi connectivity index (χ2n) is 2.68. The van der Waals surface area contributed by atoms with Crippen LogP contribution in [0.4, 0.5) is 20.2 Å². The van der Waals surface area contributed by atoms with E-state index in [0.29, 0.717) is 0 Å². The maximum absolute atomic E-state index is 12.0. The molecule has 0 aliphatic heterocycles. The summed E-state index contributed by atoms with van der Waals surface area (Å²) in [6, 6.07) is 3.26. The molecule has 84 valence electrons. The van der Waals surface area contributed by atoms with Gasteiger partial charge in [-0.25, -0.2) is 8.42 Å². The molecule has 8 heteroatoms. The van der Waals surface area contributed by atoms with Gasteiger partial charge in [-0.05, 0) is 12.1 Å². The predicted molar refractivity (Wildman–Crippen MR) is 51.1 cm³/mol. The van der Waals surface area contributed by atoms with E-state index < -0.39 is 15.8 Å². The summed E-state index contributed by atoms with van der Waals surface area (Å²) in [5.41, 5.74) is 4.96. The van der Waals surface area contributed by atoms with Gasteiger partial charge in [0.2, 0.25) is 0 Å². The Bertz CT molecular complexity index is 461. The third-order valence-corrected chi connectivity index (χ3v) is 2.50. The second-order valence-corrected chi connectivity index (χ2v) is 4.33. The van der Waals surface area contributed by atoms with Crippen LogP contribution in [0.15, 0.2) is 18.2 Å². The van der Waals surface area contributed by atoms with Crippen LogP contribution in [-0.4, -0.2) is 19.3 Å². The zero-order chi connectivity index (χ0) is 11.6. The molecule has 0 saturated carbocycles. The van der Waals surface area contributed by atoms with Gasteiger partial charge in [-0.3, -0.25) is 4.72 Å². The van der Waals surface area contributed by atoms with Crippen molar-refractivity contribution in [2.24, 2.45) is 0 Å². The highest BCUT2D eigenvalue weighted by Crippen LogP contribution is 2.25. The van der Waals surface area contributed by atoms with Crippen molar-refractivity contribution in [1.29, 1.82) is 0 Å². The van der Waals surface area contributed by atoms with E-state index in [1.165, 1.54) is 0 Å². The summed E-state index contributed by atoms with van der Waals surface area (Å²) < 4.78 is 47.1. The summed E-state index contributed by atoms with van der Waals surface area (Å²) in [7, 11) is -4.73. The van der Waals surface area contributed by atoms with Crippen molar-refractivity contribution in [3.05, 3.63) is 18.2 Å². The Kier molecular flexibility index (Phi) is 2.98. The number of hydrogen-bond acceptors (Lipinski definition) is 4. The number of nitrogens with two attached hydrogens (primary N) is 1. The Morgan fingerprint density at radius 1 is 1.40 bits per heavy atom. The molecule has 0 fully saturated rings. The molecular weight excluding hydrogens is 230 g/mol. The van der Waals surface area contributed by atoms with Gasteiger partial charge in [-0.15, -0.1) is 0 Å². The number of phenols is 1. The van der Waals surface area contributed by atoms with Crippen LogP contribution in [0.5, 0.6) is 5.75 Å². The molecular formula is C7H8F2N2O3S. The minimum absolute atomic E-state index is 0.140. The molecule has 0 unspecified atom stereocenters. The van der Waals surface area contributed by atoms with Gasteiger partial charge < -0.3 is 10.8 Å². The van der Waals surface area contributed by atoms with Gasteiger partial charge in [0.1, 0.15) is 5.75 Å². The number of nitrogen functional groups attached to an aromatic ring is 1. The summed E-state index contributed by atoms with van der Waals surface area (Å²) in [5, 5.41) is 8.94. The van der Waals surface area contributed by atoms with Crippen LogP contribution in [0.2, 0.25) is 0 Å². The maximum Gasteiger partial charge on any atom is 0.355 e. The maximum atomic E-state index is 12.0. The van der Waals surface area contributed by atoms with E-state index in [9.17, 15) is 17.2 Å². The first-order valence-electron chi connectivity index (χ1n) is 3.71. The number of sulfonamides is 1. The van der Waals surface area contributed by atoms with Gasteiger partial charge in [0.25, 0.3) is 10.0 Å². The van der Waals surface area contributed by atoms with Crippen LogP contribution in [0.25, 0.3) is 0 Å². The van der Waals surface area contributed by atoms with Crippen molar-refractivity contribution < 1.29 is 22.3 Å². The number of halogens is 2. The van der Waals surface area contributed by atoms with Gasteiger partial charge in [-0.1, -0.05) is 0 Å². The van der Waals surface area contributed by atoms with E-state index >= 15 is 0 Å². The average molecular weight is 238 g/mol. The summed E-state index contributed by atoms with van der Waals surface area (Å²) in [5.74, 6) is -3.72. The number of phenolic OH excluding ortho intramolecular Hbond substituents is 1. The fourth-order valence-corrected chi connectivity index (χ4v) is 1.42. The summed E-state index contributed by atoms with van der Waals surface area (Å²) in [6.45, 7) is 0. The smallest absolute Gasteiger partial charge is 0.355 e. The zero-order valence-electron chi connectivity index (χ0n) is 7.31. The molecule has 1 rings (SSSR count). The van der Waals surface area contributed by atoms with Crippen molar-refractivity contribution in [3.8, 4) is 5.75 Å². The zero-order valence-corrected chi connectivity index (χ0v) is 8.13. The van der Waals surface area contributed by atoms with Gasteiger partial charge in [0, 0.05) is 6.07 Å². The van der Waals surface area contributed by atoms with E-state index in [1.807, 2.05) is 0 Å². The number of alkyl halides is 2. The topological polar surface area (TPSA) is 92.4 Å². The molecule has 0 amide bonds. The molecule has 1 aromatic rings. The number of anilines is 2. The Labute approximate surface area is 84.6 Å². The molecule has 1 aromatic carbocycles. The van der Waals surface area contributed by atoms with E-state index in [0.717, 1.165) is 18.2 Å². The van der Waals surface area contributed by atoms with Gasteiger partial charge in [0.05, 0.1) is 11.4 Å². The largest absolute Gasteiger partial charge is 0.508 e. The van der Waals surface area contributed by atoms with Crippen molar-refractivity contribution in [3.63, 3.8) is 0 Å². The van der Waals surface area contributed by atoms with Crippen molar-refractivity contribution in [2.45, 2.75) is 5.76 Å². The summed E-state index contributed by atoms with van der Waals surface area (Å²) in [4.78, 5) is 0. The van der Waals surface area contributed by atoms with Crippen LogP contribution < -0.4 is 10.5 Å². The summed E-state index contributed by atoms with van der Waals surface area (Å²) >= 11 is 0. The third-order valence-electron chi connectivity index (χ3n) is 1.52. The van der Waals surface area contributed by atoms with Gasteiger partial charge in [0.15, 0.2) is 0 Å². The van der Waals surface area contributed by atoms with Crippen molar-refractivity contribution in [1.82, 2.24) is 0 Å². The first-order valence-corrected chi connectivity index (χ1v) is 5.26. The molecule has 0 aromatic heterocycles. The lowest BCUT2D eigenvalue weighted by atomic mass is 10.2. The van der Waals surface area contributed by atoms with Crippen molar-refractivity contribution >= 4 is 21.4 Å². The third kappa shape index (κ3) is 2.69. The fraction of sp³-hybridized carbons (Fsp3) is 0.143. The monoisotopic (exact) mass is 238 g/mol. The SMILES string of the molecule is Nc1cc(O)ccc1NS(=O)(=O)C(F)F. The molecule has 0 saturated heterocycles. The molecule has 0 heterocycles. The fourth-order valence-electron chi connectivity index (χ4n) is 0.841. The number of aromatic hydroxyl groups is 1.